The van der Waals surface area contributed by atoms with Gasteiger partial charge in [-0.3, -0.25) is 4.79 Å². The monoisotopic (exact) mass is 408 g/mol. The van der Waals surface area contributed by atoms with E-state index in [0.717, 1.165) is 60.7 Å². The second kappa shape index (κ2) is 8.39. The minimum absolute atomic E-state index is 0.156. The highest BCUT2D eigenvalue weighted by molar-refractivity contribution is 6.30. The smallest absolute Gasteiger partial charge is 0.255 e. The van der Waals surface area contributed by atoms with Gasteiger partial charge in [0.2, 0.25) is 0 Å². The van der Waals surface area contributed by atoms with Gasteiger partial charge < -0.3 is 15.1 Å². The number of likely N-dealkylation sites (N-methyl/N-ethyl adjacent to an activating group) is 1. The van der Waals surface area contributed by atoms with Crippen LogP contribution in [0.4, 0.5) is 11.5 Å². The lowest BCUT2D eigenvalue weighted by Gasteiger charge is -2.35. The first-order chi connectivity index (χ1) is 14.0. The average molecular weight is 409 g/mol. The number of amides is 1. The Balaban J connectivity index is 1.54. The molecule has 0 bridgehead atoms. The molecule has 5 nitrogen and oxygen atoms in total. The van der Waals surface area contributed by atoms with Crippen LogP contribution in [0.5, 0.6) is 0 Å². The van der Waals surface area contributed by atoms with Crippen LogP contribution in [0.3, 0.4) is 0 Å². The molecule has 0 unspecified atom stereocenters. The molecule has 1 amide bonds. The number of aryl methyl sites for hydroxylation is 1. The quantitative estimate of drug-likeness (QED) is 0.685. The molecule has 2 heterocycles. The number of benzene rings is 2. The van der Waals surface area contributed by atoms with Crippen LogP contribution in [0, 0.1) is 6.92 Å². The second-order valence-electron chi connectivity index (χ2n) is 7.41. The molecule has 6 heteroatoms. The number of pyridine rings is 1. The third-order valence-electron chi connectivity index (χ3n) is 5.51. The zero-order valence-corrected chi connectivity index (χ0v) is 17.5. The molecule has 150 valence electrons. The van der Waals surface area contributed by atoms with Gasteiger partial charge in [-0.15, -0.1) is 0 Å². The molecular weight excluding hydrogens is 384 g/mol. The summed E-state index contributed by atoms with van der Waals surface area (Å²) in [5.74, 6) is 0.876. The van der Waals surface area contributed by atoms with Crippen LogP contribution >= 0.6 is 11.6 Å². The van der Waals surface area contributed by atoms with Crippen molar-refractivity contribution in [3.63, 3.8) is 0 Å². The van der Waals surface area contributed by atoms with E-state index < -0.39 is 0 Å². The van der Waals surface area contributed by atoms with Gasteiger partial charge >= 0.3 is 0 Å². The highest BCUT2D eigenvalue weighted by Gasteiger charge is 2.18. The van der Waals surface area contributed by atoms with Crippen LogP contribution in [0.2, 0.25) is 5.02 Å². The Morgan fingerprint density at radius 2 is 1.79 bits per heavy atom. The fourth-order valence-corrected chi connectivity index (χ4v) is 3.84. The molecule has 1 saturated heterocycles. The lowest BCUT2D eigenvalue weighted by Crippen LogP contribution is -2.46. The van der Waals surface area contributed by atoms with E-state index in [9.17, 15) is 4.79 Å². The molecule has 1 N–H and O–H groups in total. The van der Waals surface area contributed by atoms with Gasteiger partial charge in [0, 0.05) is 47.8 Å². The molecule has 29 heavy (non-hydrogen) atoms. The zero-order chi connectivity index (χ0) is 20.4. The minimum atomic E-state index is -0.156. The molecule has 0 radical (unpaired) electrons. The molecule has 2 aromatic carbocycles. The molecule has 1 fully saturated rings. The number of rotatable bonds is 4. The number of nitrogens with one attached hydrogen (secondary N) is 1. The minimum Gasteiger partial charge on any atom is -0.354 e. The highest BCUT2D eigenvalue weighted by Crippen LogP contribution is 2.26. The number of hydrogen-bond acceptors (Lipinski definition) is 4. The van der Waals surface area contributed by atoms with E-state index in [0.29, 0.717) is 10.6 Å². The van der Waals surface area contributed by atoms with Gasteiger partial charge in [0.1, 0.15) is 5.82 Å². The molecule has 4 rings (SSSR count). The van der Waals surface area contributed by atoms with Crippen LogP contribution in [0.15, 0.2) is 48.5 Å². The Hall–Kier alpha value is -2.63. The predicted molar refractivity (Wildman–Crippen MR) is 120 cm³/mol. The first-order valence-corrected chi connectivity index (χ1v) is 10.4. The Bertz CT molecular complexity index is 1030. The molecule has 1 aromatic heterocycles. The summed E-state index contributed by atoms with van der Waals surface area (Å²) in [6.45, 7) is 9.55. The molecular formula is C23H25ClN4O. The van der Waals surface area contributed by atoms with Crippen molar-refractivity contribution in [2.45, 2.75) is 13.8 Å². The summed E-state index contributed by atoms with van der Waals surface area (Å²) in [7, 11) is 0. The molecule has 0 aliphatic carbocycles. The van der Waals surface area contributed by atoms with Crippen molar-refractivity contribution in [1.82, 2.24) is 9.88 Å². The fourth-order valence-electron chi connectivity index (χ4n) is 3.71. The fraction of sp³-hybridized carbons (Fsp3) is 0.304. The molecule has 3 aromatic rings. The summed E-state index contributed by atoms with van der Waals surface area (Å²) in [4.78, 5) is 22.2. The van der Waals surface area contributed by atoms with Crippen molar-refractivity contribution in [2.24, 2.45) is 0 Å². The van der Waals surface area contributed by atoms with E-state index in [4.69, 9.17) is 16.6 Å². The van der Waals surface area contributed by atoms with Gasteiger partial charge in [0.25, 0.3) is 5.91 Å². The maximum absolute atomic E-state index is 12.5. The van der Waals surface area contributed by atoms with Gasteiger partial charge in [0.05, 0.1) is 5.52 Å². The van der Waals surface area contributed by atoms with E-state index in [1.54, 1.807) is 24.3 Å². The van der Waals surface area contributed by atoms with Crippen molar-refractivity contribution >= 4 is 39.9 Å². The third kappa shape index (κ3) is 4.36. The van der Waals surface area contributed by atoms with E-state index in [-0.39, 0.29) is 5.91 Å². The standard InChI is InChI=1S/C23H25ClN4O/c1-3-27-10-12-28(13-11-27)22-14-16(2)20-15-19(8-9-21(20)26-22)25-23(29)17-4-6-18(24)7-5-17/h4-9,14-15H,3,10-13H2,1-2H3,(H,25,29). The maximum Gasteiger partial charge on any atom is 0.255 e. The van der Waals surface area contributed by atoms with Crippen molar-refractivity contribution in [3.05, 3.63) is 64.7 Å². The summed E-state index contributed by atoms with van der Waals surface area (Å²) < 4.78 is 0. The van der Waals surface area contributed by atoms with E-state index in [2.05, 4.69) is 35.0 Å². The Morgan fingerprint density at radius 1 is 1.07 bits per heavy atom. The van der Waals surface area contributed by atoms with Crippen molar-refractivity contribution in [1.29, 1.82) is 0 Å². The van der Waals surface area contributed by atoms with Crippen LogP contribution < -0.4 is 10.2 Å². The number of fused-ring (bicyclic) bond motifs is 1. The van der Waals surface area contributed by atoms with Crippen molar-refractivity contribution in [3.8, 4) is 0 Å². The van der Waals surface area contributed by atoms with E-state index >= 15 is 0 Å². The number of carbonyl (C=O) groups is 1. The van der Waals surface area contributed by atoms with Crippen LogP contribution in [-0.2, 0) is 0 Å². The van der Waals surface area contributed by atoms with Gasteiger partial charge in [-0.2, -0.15) is 0 Å². The van der Waals surface area contributed by atoms with Gasteiger partial charge in [0.15, 0.2) is 0 Å². The third-order valence-corrected chi connectivity index (χ3v) is 5.76. The number of nitrogens with zero attached hydrogens (tertiary/aromatic N) is 3. The summed E-state index contributed by atoms with van der Waals surface area (Å²) in [5.41, 5.74) is 3.44. The number of aromatic nitrogens is 1. The zero-order valence-electron chi connectivity index (χ0n) is 16.8. The van der Waals surface area contributed by atoms with Crippen LogP contribution in [0.25, 0.3) is 10.9 Å². The Labute approximate surface area is 176 Å². The average Bonchev–Trinajstić information content (AvgIpc) is 2.74. The summed E-state index contributed by atoms with van der Waals surface area (Å²) in [6.07, 6.45) is 0. The van der Waals surface area contributed by atoms with Crippen molar-refractivity contribution < 1.29 is 4.79 Å². The van der Waals surface area contributed by atoms with E-state index in [1.807, 2.05) is 18.2 Å². The van der Waals surface area contributed by atoms with Gasteiger partial charge in [-0.05, 0) is 67.6 Å². The Kier molecular flexibility index (Phi) is 5.69. The molecule has 1 aliphatic rings. The number of anilines is 2. The molecule has 0 atom stereocenters. The number of hydrogen-bond donors (Lipinski definition) is 1. The van der Waals surface area contributed by atoms with Gasteiger partial charge in [-0.1, -0.05) is 18.5 Å². The summed E-state index contributed by atoms with van der Waals surface area (Å²) >= 11 is 5.90. The first kappa shape index (κ1) is 19.7. The SMILES string of the molecule is CCN1CCN(c2cc(C)c3cc(NC(=O)c4ccc(Cl)cc4)ccc3n2)CC1. The second-order valence-corrected chi connectivity index (χ2v) is 7.85. The van der Waals surface area contributed by atoms with Crippen LogP contribution in [0.1, 0.15) is 22.8 Å². The lowest BCUT2D eigenvalue weighted by molar-refractivity contribution is 0.102. The van der Waals surface area contributed by atoms with Crippen molar-refractivity contribution in [2.75, 3.05) is 42.9 Å². The number of halogens is 1. The highest BCUT2D eigenvalue weighted by atomic mass is 35.5. The van der Waals surface area contributed by atoms with Crippen LogP contribution in [-0.4, -0.2) is 48.5 Å². The predicted octanol–water partition coefficient (Wildman–Crippen LogP) is 4.59. The summed E-state index contributed by atoms with van der Waals surface area (Å²) in [5, 5.41) is 4.62. The molecule has 0 spiro atoms. The lowest BCUT2D eigenvalue weighted by atomic mass is 10.1. The topological polar surface area (TPSA) is 48.5 Å². The maximum atomic E-state index is 12.5. The molecule has 0 saturated carbocycles. The number of carbonyl (C=O) groups excluding carboxylic acids is 1. The normalized spacial score (nSPS) is 14.9. The van der Waals surface area contributed by atoms with Gasteiger partial charge in [-0.25, -0.2) is 4.98 Å². The number of piperazine rings is 1. The largest absolute Gasteiger partial charge is 0.354 e. The summed E-state index contributed by atoms with van der Waals surface area (Å²) in [6, 6.07) is 14.9. The Morgan fingerprint density at radius 3 is 2.48 bits per heavy atom. The van der Waals surface area contributed by atoms with E-state index in [1.165, 1.54) is 0 Å². The first-order valence-electron chi connectivity index (χ1n) is 9.99. The molecule has 1 aliphatic heterocycles.